The highest BCUT2D eigenvalue weighted by Crippen LogP contribution is 2.31. The predicted octanol–water partition coefficient (Wildman–Crippen LogP) is 12.5. The van der Waals surface area contributed by atoms with Crippen molar-refractivity contribution in [1.82, 2.24) is 5.48 Å². The molecule has 2 unspecified atom stereocenters. The summed E-state index contributed by atoms with van der Waals surface area (Å²) in [6.45, 7) is 8.23. The number of nitrogens with two attached hydrogens (primary N) is 1. The van der Waals surface area contributed by atoms with Crippen molar-refractivity contribution in [2.75, 3.05) is 19.8 Å². The largest absolute Gasteiger partial charge is 0.462 e. The van der Waals surface area contributed by atoms with E-state index in [9.17, 15) is 14.5 Å². The number of ether oxygens (including phenoxy) is 2. The smallest absolute Gasteiger partial charge is 0.348 e. The molecule has 10 heteroatoms. The summed E-state index contributed by atoms with van der Waals surface area (Å²) in [6.07, 6.45) is 37.8. The number of hydrogen-bond donors (Lipinski definition) is 3. The summed E-state index contributed by atoms with van der Waals surface area (Å²) >= 11 is 0. The molecular weight excluding hydrogens is 687 g/mol. The van der Waals surface area contributed by atoms with E-state index in [0.717, 1.165) is 38.5 Å². The third kappa shape index (κ3) is 42.2. The van der Waals surface area contributed by atoms with E-state index in [1.807, 2.05) is 13.8 Å². The molecule has 0 amide bonds. The summed E-state index contributed by atoms with van der Waals surface area (Å²) in [5, 5.41) is 0. The van der Waals surface area contributed by atoms with E-state index in [2.05, 4.69) is 19.3 Å². The van der Waals surface area contributed by atoms with Gasteiger partial charge in [0.15, 0.2) is 6.10 Å². The van der Waals surface area contributed by atoms with Crippen LogP contribution in [0.5, 0.6) is 0 Å². The van der Waals surface area contributed by atoms with Crippen molar-refractivity contribution < 1.29 is 33.1 Å². The molecule has 0 aliphatic rings. The molecule has 0 aliphatic carbocycles. The van der Waals surface area contributed by atoms with Crippen LogP contribution in [0.15, 0.2) is 0 Å². The van der Waals surface area contributed by atoms with Crippen LogP contribution >= 0.6 is 8.60 Å². The molecule has 316 valence electrons. The molecule has 0 aliphatic heterocycles. The summed E-state index contributed by atoms with van der Waals surface area (Å²) in [5.74, 6) is -0.657. The van der Waals surface area contributed by atoms with Crippen molar-refractivity contribution >= 4 is 20.5 Å². The minimum absolute atomic E-state index is 0.116. The maximum Gasteiger partial charge on any atom is 0.348 e. The van der Waals surface area contributed by atoms with Gasteiger partial charge < -0.3 is 24.6 Å². The van der Waals surface area contributed by atoms with E-state index >= 15 is 0 Å². The van der Waals surface area contributed by atoms with E-state index in [4.69, 9.17) is 24.4 Å². The van der Waals surface area contributed by atoms with Crippen LogP contribution in [-0.2, 0) is 28.2 Å². The third-order valence-corrected chi connectivity index (χ3v) is 10.4. The summed E-state index contributed by atoms with van der Waals surface area (Å²) in [4.78, 5) is 35.3. The SMILES string of the molecule is CCCCCCCCCCCCCCCCCC(=O)OCC(COP(O)ONCC(C)(C)N)OC(=O)CCCCCCCCCCCCCCCCC. The standard InChI is InChI=1S/C43H87N2O7P/c1-5-7-9-11-13-15-17-19-21-23-25-27-29-31-33-35-41(46)49-37-40(38-50-53(48)52-45-39-43(3,4)44)51-42(47)36-34-32-30-28-26-24-22-20-18-16-14-12-10-8-6-2/h40,45,48H,5-39,44H2,1-4H3. The lowest BCUT2D eigenvalue weighted by Gasteiger charge is -2.21. The van der Waals surface area contributed by atoms with Crippen LogP contribution in [0.2, 0.25) is 0 Å². The maximum atomic E-state index is 12.7. The van der Waals surface area contributed by atoms with Gasteiger partial charge in [0.25, 0.3) is 0 Å². The number of carbonyl (C=O) groups excluding carboxylic acids is 2. The molecule has 4 N–H and O–H groups in total. The van der Waals surface area contributed by atoms with Gasteiger partial charge in [-0.25, -0.2) is 4.62 Å². The average molecular weight is 775 g/mol. The first-order chi connectivity index (χ1) is 25.7. The Morgan fingerprint density at radius 3 is 1.26 bits per heavy atom. The fraction of sp³-hybridized carbons (Fsp3) is 0.953. The van der Waals surface area contributed by atoms with Gasteiger partial charge in [0.2, 0.25) is 0 Å². The highest BCUT2D eigenvalue weighted by Gasteiger charge is 2.21. The first kappa shape index (κ1) is 52.2. The van der Waals surface area contributed by atoms with Gasteiger partial charge >= 0.3 is 20.5 Å². The van der Waals surface area contributed by atoms with E-state index < -0.39 is 20.2 Å². The molecule has 2 atom stereocenters. The molecule has 0 radical (unpaired) electrons. The molecule has 53 heavy (non-hydrogen) atoms. The molecule has 0 fully saturated rings. The van der Waals surface area contributed by atoms with Crippen molar-refractivity contribution in [2.24, 2.45) is 5.73 Å². The van der Waals surface area contributed by atoms with Gasteiger partial charge in [-0.15, -0.1) is 0 Å². The Kier molecular flexibility index (Phi) is 38.8. The van der Waals surface area contributed by atoms with Gasteiger partial charge in [0, 0.05) is 24.9 Å². The van der Waals surface area contributed by atoms with Crippen LogP contribution < -0.4 is 11.2 Å². The second kappa shape index (κ2) is 39.4. The number of esters is 2. The fourth-order valence-electron chi connectivity index (χ4n) is 6.35. The first-order valence-corrected chi connectivity index (χ1v) is 23.5. The molecule has 0 saturated heterocycles. The lowest BCUT2D eigenvalue weighted by atomic mass is 10.0. The number of unbranched alkanes of at least 4 members (excludes halogenated alkanes) is 28. The summed E-state index contributed by atoms with van der Waals surface area (Å²) < 4.78 is 21.6. The molecule has 0 bridgehead atoms. The second-order valence-corrected chi connectivity index (χ2v) is 17.0. The minimum atomic E-state index is -2.27. The molecule has 9 nitrogen and oxygen atoms in total. The van der Waals surface area contributed by atoms with Gasteiger partial charge in [-0.3, -0.25) is 9.59 Å². The van der Waals surface area contributed by atoms with Crippen LogP contribution in [0, 0.1) is 0 Å². The Labute approximate surface area is 328 Å². The Morgan fingerprint density at radius 2 is 0.906 bits per heavy atom. The van der Waals surface area contributed by atoms with Crippen molar-refractivity contribution in [3.63, 3.8) is 0 Å². The Morgan fingerprint density at radius 1 is 0.566 bits per heavy atom. The fourth-order valence-corrected chi connectivity index (χ4v) is 6.87. The molecule has 0 aromatic carbocycles. The number of rotatable bonds is 42. The highest BCUT2D eigenvalue weighted by atomic mass is 31.2. The van der Waals surface area contributed by atoms with Crippen molar-refractivity contribution in [1.29, 1.82) is 0 Å². The van der Waals surface area contributed by atoms with Crippen LogP contribution in [-0.4, -0.2) is 48.2 Å². The molecule has 0 aromatic rings. The van der Waals surface area contributed by atoms with E-state index in [1.165, 1.54) is 154 Å². The van der Waals surface area contributed by atoms with Gasteiger partial charge in [-0.1, -0.05) is 194 Å². The first-order valence-electron chi connectivity index (χ1n) is 22.3. The second-order valence-electron chi connectivity index (χ2n) is 16.1. The van der Waals surface area contributed by atoms with E-state index in [-0.39, 0.29) is 25.2 Å². The molecule has 0 aromatic heterocycles. The Bertz CT molecular complexity index is 799. The third-order valence-electron chi connectivity index (χ3n) is 9.74. The monoisotopic (exact) mass is 775 g/mol. The number of hydrogen-bond acceptors (Lipinski definition) is 9. The topological polar surface area (TPSA) is 129 Å². The highest BCUT2D eigenvalue weighted by molar-refractivity contribution is 7.40. The van der Waals surface area contributed by atoms with Gasteiger partial charge in [-0.2, -0.15) is 5.48 Å². The van der Waals surface area contributed by atoms with Gasteiger partial charge in [0.05, 0.1) is 6.61 Å². The number of hydroxylamine groups is 1. The number of nitrogens with one attached hydrogen (secondary N) is 1. The zero-order valence-electron chi connectivity index (χ0n) is 35.2. The lowest BCUT2D eigenvalue weighted by Crippen LogP contribution is -2.42. The van der Waals surface area contributed by atoms with Crippen molar-refractivity contribution in [3.8, 4) is 0 Å². The van der Waals surface area contributed by atoms with Crippen LogP contribution in [0.3, 0.4) is 0 Å². The van der Waals surface area contributed by atoms with Crippen LogP contribution in [0.25, 0.3) is 0 Å². The Hall–Kier alpha value is -0.830. The molecule has 0 spiro atoms. The molecule has 0 saturated carbocycles. The summed E-state index contributed by atoms with van der Waals surface area (Å²) in [7, 11) is -2.27. The molecule has 0 heterocycles. The van der Waals surface area contributed by atoms with Gasteiger partial charge in [-0.05, 0) is 26.7 Å². The summed E-state index contributed by atoms with van der Waals surface area (Å²) in [6, 6.07) is 0. The van der Waals surface area contributed by atoms with Gasteiger partial charge in [0.1, 0.15) is 6.61 Å². The average Bonchev–Trinajstić information content (AvgIpc) is 3.12. The predicted molar refractivity (Wildman–Crippen MR) is 222 cm³/mol. The lowest BCUT2D eigenvalue weighted by molar-refractivity contribution is -0.161. The van der Waals surface area contributed by atoms with E-state index in [1.54, 1.807) is 0 Å². The molecule has 0 rings (SSSR count). The quantitative estimate of drug-likeness (QED) is 0.0240. The van der Waals surface area contributed by atoms with Crippen molar-refractivity contribution in [3.05, 3.63) is 0 Å². The normalized spacial score (nSPS) is 12.9. The van der Waals surface area contributed by atoms with Crippen molar-refractivity contribution in [2.45, 2.75) is 245 Å². The molecular formula is C43H87N2O7P. The number of carbonyl (C=O) groups is 2. The van der Waals surface area contributed by atoms with E-state index in [0.29, 0.717) is 19.4 Å². The minimum Gasteiger partial charge on any atom is -0.462 e. The summed E-state index contributed by atoms with van der Waals surface area (Å²) in [5.41, 5.74) is 8.00. The van der Waals surface area contributed by atoms with Crippen LogP contribution in [0.4, 0.5) is 0 Å². The zero-order chi connectivity index (χ0) is 39.1. The van der Waals surface area contributed by atoms with Crippen LogP contribution in [0.1, 0.15) is 233 Å². The Balaban J connectivity index is 4.18. The zero-order valence-corrected chi connectivity index (χ0v) is 36.1. The maximum absolute atomic E-state index is 12.7.